The van der Waals surface area contributed by atoms with E-state index >= 15 is 0 Å². The fraction of sp³-hybridized carbons (Fsp3) is 0.143. The maximum Gasteiger partial charge on any atom is 0.416 e. The van der Waals surface area contributed by atoms with Gasteiger partial charge < -0.3 is 9.79 Å². The molecule has 0 aliphatic heterocycles. The first-order chi connectivity index (χ1) is 9.65. The molecule has 0 aromatic heterocycles. The van der Waals surface area contributed by atoms with Crippen molar-refractivity contribution in [1.29, 1.82) is 0 Å². The van der Waals surface area contributed by atoms with Crippen molar-refractivity contribution in [2.75, 3.05) is 0 Å². The minimum atomic E-state index is -4.37. The highest BCUT2D eigenvalue weighted by molar-refractivity contribution is 7.50. The van der Waals surface area contributed by atoms with Gasteiger partial charge in [0.15, 0.2) is 0 Å². The molecule has 7 heteroatoms. The average molecular weight is 316 g/mol. The number of benzene rings is 2. The van der Waals surface area contributed by atoms with Gasteiger partial charge in [-0.3, -0.25) is 4.57 Å². The monoisotopic (exact) mass is 316 g/mol. The van der Waals surface area contributed by atoms with E-state index in [1.165, 1.54) is 12.1 Å². The summed E-state index contributed by atoms with van der Waals surface area (Å²) in [6.45, 7) is 0. The van der Waals surface area contributed by atoms with Crippen molar-refractivity contribution in [3.05, 3.63) is 59.7 Å². The third-order valence-electron chi connectivity index (χ3n) is 2.89. The van der Waals surface area contributed by atoms with Gasteiger partial charge in [0.05, 0.1) is 11.7 Å². The van der Waals surface area contributed by atoms with Crippen LogP contribution in [0.2, 0.25) is 0 Å². The molecule has 112 valence electrons. The Bertz CT molecular complexity index is 657. The number of halogens is 3. The van der Waals surface area contributed by atoms with E-state index in [0.29, 0.717) is 16.7 Å². The molecule has 0 amide bonds. The molecule has 2 aromatic carbocycles. The van der Waals surface area contributed by atoms with Crippen LogP contribution in [-0.2, 0) is 16.9 Å². The van der Waals surface area contributed by atoms with Crippen molar-refractivity contribution in [2.24, 2.45) is 0 Å². The predicted molar refractivity (Wildman–Crippen MR) is 72.6 cm³/mol. The molecule has 0 aliphatic carbocycles. The van der Waals surface area contributed by atoms with Gasteiger partial charge in [0.2, 0.25) is 0 Å². The second-order valence-corrected chi connectivity index (χ2v) is 6.24. The van der Waals surface area contributed by atoms with Gasteiger partial charge in [-0.1, -0.05) is 36.4 Å². The number of hydrogen-bond donors (Lipinski definition) is 2. The van der Waals surface area contributed by atoms with Crippen LogP contribution in [0.4, 0.5) is 13.2 Å². The molecule has 0 atom stereocenters. The van der Waals surface area contributed by atoms with Gasteiger partial charge in [0, 0.05) is 0 Å². The van der Waals surface area contributed by atoms with Gasteiger partial charge in [-0.2, -0.15) is 13.2 Å². The molecule has 0 heterocycles. The highest BCUT2D eigenvalue weighted by Gasteiger charge is 2.29. The van der Waals surface area contributed by atoms with Gasteiger partial charge in [-0.15, -0.1) is 0 Å². The van der Waals surface area contributed by atoms with E-state index in [1.807, 2.05) is 0 Å². The first kappa shape index (κ1) is 15.8. The first-order valence-electron chi connectivity index (χ1n) is 5.96. The first-order valence-corrected chi connectivity index (χ1v) is 7.76. The molecule has 2 N–H and O–H groups in total. The highest BCUT2D eigenvalue weighted by Crippen LogP contribution is 2.39. The van der Waals surface area contributed by atoms with E-state index in [0.717, 1.165) is 12.1 Å². The summed E-state index contributed by atoms with van der Waals surface area (Å²) in [5.41, 5.74) is 1.03. The fourth-order valence-corrected chi connectivity index (χ4v) is 2.58. The normalized spacial score (nSPS) is 12.4. The van der Waals surface area contributed by atoms with Crippen LogP contribution >= 0.6 is 7.60 Å². The van der Waals surface area contributed by atoms with Crippen LogP contribution in [-0.4, -0.2) is 9.79 Å². The Balaban J connectivity index is 2.21. The standard InChI is InChI=1S/C14H12F3O3P/c15-14(16,17)13-7-5-12(6-8-13)11-3-1-10(2-4-11)9-21(18,19)20/h1-8H,9H2,(H2,18,19,20). The van der Waals surface area contributed by atoms with Crippen molar-refractivity contribution in [3.8, 4) is 11.1 Å². The second kappa shape index (κ2) is 5.64. The molecular weight excluding hydrogens is 304 g/mol. The molecule has 0 aliphatic rings. The van der Waals surface area contributed by atoms with Crippen LogP contribution in [0.3, 0.4) is 0 Å². The summed E-state index contributed by atoms with van der Waals surface area (Å²) in [5, 5.41) is 0. The lowest BCUT2D eigenvalue weighted by atomic mass is 10.0. The average Bonchev–Trinajstić information content (AvgIpc) is 2.37. The zero-order chi connectivity index (χ0) is 15.7. The zero-order valence-corrected chi connectivity index (χ0v) is 11.6. The molecule has 3 nitrogen and oxygen atoms in total. The molecule has 0 bridgehead atoms. The molecule has 0 saturated carbocycles. The molecule has 2 aromatic rings. The van der Waals surface area contributed by atoms with Crippen molar-refractivity contribution in [3.63, 3.8) is 0 Å². The van der Waals surface area contributed by atoms with Crippen LogP contribution in [0.5, 0.6) is 0 Å². The molecular formula is C14H12F3O3P. The second-order valence-electron chi connectivity index (χ2n) is 4.59. The lowest BCUT2D eigenvalue weighted by molar-refractivity contribution is -0.137. The number of hydrogen-bond acceptors (Lipinski definition) is 1. The van der Waals surface area contributed by atoms with E-state index in [1.54, 1.807) is 24.3 Å². The third kappa shape index (κ3) is 4.43. The van der Waals surface area contributed by atoms with Gasteiger partial charge in [0.25, 0.3) is 0 Å². The predicted octanol–water partition coefficient (Wildman–Crippen LogP) is 4.05. The summed E-state index contributed by atoms with van der Waals surface area (Å²) in [4.78, 5) is 17.7. The van der Waals surface area contributed by atoms with Gasteiger partial charge in [0.1, 0.15) is 0 Å². The van der Waals surface area contributed by atoms with Crippen LogP contribution in [0, 0.1) is 0 Å². The Hall–Kier alpha value is -1.62. The molecule has 2 rings (SSSR count). The number of alkyl halides is 3. The smallest absolute Gasteiger partial charge is 0.324 e. The van der Waals surface area contributed by atoms with E-state index in [-0.39, 0.29) is 6.16 Å². The molecule has 0 unspecified atom stereocenters. The van der Waals surface area contributed by atoms with Gasteiger partial charge in [-0.05, 0) is 28.8 Å². The Morgan fingerprint density at radius 1 is 0.857 bits per heavy atom. The van der Waals surface area contributed by atoms with Crippen LogP contribution in [0.25, 0.3) is 11.1 Å². The van der Waals surface area contributed by atoms with Gasteiger partial charge in [-0.25, -0.2) is 0 Å². The summed E-state index contributed by atoms with van der Waals surface area (Å²) in [6, 6.07) is 11.1. The van der Waals surface area contributed by atoms with E-state index in [9.17, 15) is 17.7 Å². The maximum absolute atomic E-state index is 12.5. The Labute approximate surface area is 119 Å². The molecule has 0 spiro atoms. The van der Waals surface area contributed by atoms with Crippen molar-refractivity contribution >= 4 is 7.60 Å². The van der Waals surface area contributed by atoms with Crippen molar-refractivity contribution < 1.29 is 27.5 Å². The minimum Gasteiger partial charge on any atom is -0.324 e. The highest BCUT2D eigenvalue weighted by atomic mass is 31.2. The number of rotatable bonds is 3. The minimum absolute atomic E-state index is 0.361. The molecule has 21 heavy (non-hydrogen) atoms. The molecule has 0 saturated heterocycles. The third-order valence-corrected chi connectivity index (χ3v) is 3.67. The topological polar surface area (TPSA) is 57.5 Å². The SMILES string of the molecule is O=P(O)(O)Cc1ccc(-c2ccc(C(F)(F)F)cc2)cc1. The quantitative estimate of drug-likeness (QED) is 0.840. The van der Waals surface area contributed by atoms with Crippen LogP contribution in [0.1, 0.15) is 11.1 Å². The maximum atomic E-state index is 12.5. The van der Waals surface area contributed by atoms with Crippen molar-refractivity contribution in [1.82, 2.24) is 0 Å². The Morgan fingerprint density at radius 3 is 1.67 bits per heavy atom. The van der Waals surface area contributed by atoms with Crippen LogP contribution in [0.15, 0.2) is 48.5 Å². The summed E-state index contributed by atoms with van der Waals surface area (Å²) in [5.74, 6) is 0. The zero-order valence-electron chi connectivity index (χ0n) is 10.7. The Morgan fingerprint density at radius 2 is 1.29 bits per heavy atom. The largest absolute Gasteiger partial charge is 0.416 e. The summed E-state index contributed by atoms with van der Waals surface area (Å²) in [7, 11) is -4.12. The van der Waals surface area contributed by atoms with E-state index in [2.05, 4.69) is 0 Å². The molecule has 0 fully saturated rings. The lowest BCUT2D eigenvalue weighted by Crippen LogP contribution is -2.03. The summed E-state index contributed by atoms with van der Waals surface area (Å²) < 4.78 is 48.3. The van der Waals surface area contributed by atoms with E-state index in [4.69, 9.17) is 9.79 Å². The summed E-state index contributed by atoms with van der Waals surface area (Å²) in [6.07, 6.45) is -4.73. The lowest BCUT2D eigenvalue weighted by Gasteiger charge is -2.08. The van der Waals surface area contributed by atoms with Crippen molar-refractivity contribution in [2.45, 2.75) is 12.3 Å². The van der Waals surface area contributed by atoms with Crippen LogP contribution < -0.4 is 0 Å². The Kier molecular flexibility index (Phi) is 4.23. The summed E-state index contributed by atoms with van der Waals surface area (Å²) >= 11 is 0. The fourth-order valence-electron chi connectivity index (χ4n) is 1.89. The molecule has 0 radical (unpaired) electrons. The van der Waals surface area contributed by atoms with E-state index < -0.39 is 19.3 Å². The van der Waals surface area contributed by atoms with Gasteiger partial charge >= 0.3 is 13.8 Å².